The number of piperazine rings is 1. The molecule has 0 radical (unpaired) electrons. The van der Waals surface area contributed by atoms with E-state index in [-0.39, 0.29) is 19.1 Å². The molecule has 1 saturated carbocycles. The normalized spacial score (nSPS) is 22.2. The van der Waals surface area contributed by atoms with Crippen molar-refractivity contribution < 1.29 is 22.7 Å². The van der Waals surface area contributed by atoms with Crippen molar-refractivity contribution >= 4 is 28.6 Å². The van der Waals surface area contributed by atoms with E-state index >= 15 is 0 Å². The van der Waals surface area contributed by atoms with Gasteiger partial charge in [-0.15, -0.1) is 0 Å². The van der Waals surface area contributed by atoms with Crippen LogP contribution in [-0.2, 0) is 4.74 Å². The molecule has 4 heterocycles. The predicted molar refractivity (Wildman–Crippen MR) is 136 cm³/mol. The van der Waals surface area contributed by atoms with Crippen LogP contribution in [-0.4, -0.2) is 76.1 Å². The lowest BCUT2D eigenvalue weighted by atomic mass is 9.95. The lowest BCUT2D eigenvalue weighted by Gasteiger charge is -2.41. The van der Waals surface area contributed by atoms with Gasteiger partial charge >= 0.3 is 12.3 Å². The van der Waals surface area contributed by atoms with Gasteiger partial charge in [0, 0.05) is 51.0 Å². The number of ether oxygens (including phenoxy) is 1. The molecule has 0 N–H and O–H groups in total. The first-order chi connectivity index (χ1) is 17.6. The molecule has 1 atom stereocenters. The number of amides is 1. The van der Waals surface area contributed by atoms with Crippen LogP contribution in [0.15, 0.2) is 12.5 Å². The second-order valence-corrected chi connectivity index (χ2v) is 11.2. The number of nitrogens with zero attached hydrogens (tertiary/aromatic N) is 6. The number of fused-ring (bicyclic) bond motifs is 1. The zero-order valence-electron chi connectivity index (χ0n) is 21.9. The fourth-order valence-electron chi connectivity index (χ4n) is 5.88. The van der Waals surface area contributed by atoms with Gasteiger partial charge in [-0.1, -0.05) is 19.3 Å². The Morgan fingerprint density at radius 2 is 1.70 bits per heavy atom. The minimum Gasteiger partial charge on any atom is -0.434 e. The number of hydrogen-bond donors (Lipinski definition) is 0. The molecular weight excluding hydrogens is 485 g/mol. The van der Waals surface area contributed by atoms with Crippen LogP contribution in [0.25, 0.3) is 11.0 Å². The number of aromatic nitrogens is 3. The summed E-state index contributed by atoms with van der Waals surface area (Å²) in [6, 6.07) is 0.272. The minimum absolute atomic E-state index is 0.155. The summed E-state index contributed by atoms with van der Waals surface area (Å²) in [5.74, 6) is 0.831. The molecule has 3 aliphatic rings. The maximum atomic E-state index is 13.2. The number of hydrogen-bond acceptors (Lipinski definition) is 6. The Bertz CT molecular complexity index is 1120. The van der Waals surface area contributed by atoms with Gasteiger partial charge in [0.1, 0.15) is 17.8 Å². The maximum absolute atomic E-state index is 13.2. The molecule has 0 bridgehead atoms. The largest absolute Gasteiger partial charge is 0.434 e. The predicted octanol–water partition coefficient (Wildman–Crippen LogP) is 5.52. The molecule has 1 aliphatic carbocycles. The van der Waals surface area contributed by atoms with Crippen molar-refractivity contribution in [3.8, 4) is 0 Å². The molecule has 0 aromatic carbocycles. The third-order valence-corrected chi connectivity index (χ3v) is 8.17. The van der Waals surface area contributed by atoms with Gasteiger partial charge < -0.3 is 24.0 Å². The summed E-state index contributed by atoms with van der Waals surface area (Å²) in [4.78, 5) is 28.0. The summed E-state index contributed by atoms with van der Waals surface area (Å²) in [5, 5.41) is 1.04. The SMILES string of the molecule is C[C@H]1CN(C(=O)OC(C)(C)C(F)(F)F)CCN1c1ncnc2c1c(N1CCCC1)cn2C1CCCCC1. The quantitative estimate of drug-likeness (QED) is 0.527. The van der Waals surface area contributed by atoms with E-state index in [0.29, 0.717) is 12.6 Å². The second kappa shape index (κ2) is 9.87. The van der Waals surface area contributed by atoms with E-state index in [0.717, 1.165) is 75.2 Å². The molecular formula is C26H37F3N6O2. The topological polar surface area (TPSA) is 66.7 Å². The number of carbonyl (C=O) groups is 1. The summed E-state index contributed by atoms with van der Waals surface area (Å²) in [5.41, 5.74) is -0.440. The van der Waals surface area contributed by atoms with Crippen molar-refractivity contribution in [1.29, 1.82) is 0 Å². The molecule has 2 saturated heterocycles. The molecule has 5 rings (SSSR count). The highest BCUT2D eigenvalue weighted by molar-refractivity contribution is 6.00. The summed E-state index contributed by atoms with van der Waals surface area (Å²) in [7, 11) is 0. The van der Waals surface area contributed by atoms with E-state index in [1.807, 2.05) is 6.92 Å². The Balaban J connectivity index is 1.43. The van der Waals surface area contributed by atoms with E-state index in [2.05, 4.69) is 20.6 Å². The Labute approximate surface area is 215 Å². The average Bonchev–Trinajstić information content (AvgIpc) is 3.52. The number of anilines is 2. The molecule has 1 amide bonds. The lowest BCUT2D eigenvalue weighted by molar-refractivity contribution is -0.246. The van der Waals surface area contributed by atoms with Gasteiger partial charge in [-0.05, 0) is 46.5 Å². The minimum atomic E-state index is -4.64. The third kappa shape index (κ3) is 4.93. The Kier molecular flexibility index (Phi) is 6.91. The third-order valence-electron chi connectivity index (χ3n) is 8.17. The molecule has 37 heavy (non-hydrogen) atoms. The van der Waals surface area contributed by atoms with Crippen LogP contribution in [0.5, 0.6) is 0 Å². The number of halogens is 3. The van der Waals surface area contributed by atoms with Crippen LogP contribution in [0.3, 0.4) is 0 Å². The summed E-state index contributed by atoms with van der Waals surface area (Å²) in [6.07, 6.45) is 6.63. The highest BCUT2D eigenvalue weighted by Crippen LogP contribution is 2.41. The van der Waals surface area contributed by atoms with Crippen LogP contribution in [0.1, 0.15) is 71.8 Å². The first-order valence-electron chi connectivity index (χ1n) is 13.5. The fraction of sp³-hybridized carbons (Fsp3) is 0.731. The van der Waals surface area contributed by atoms with Crippen molar-refractivity contribution in [1.82, 2.24) is 19.4 Å². The Hall–Kier alpha value is -2.72. The van der Waals surface area contributed by atoms with Crippen LogP contribution in [0, 0.1) is 0 Å². The van der Waals surface area contributed by atoms with Crippen LogP contribution < -0.4 is 9.80 Å². The second-order valence-electron chi connectivity index (χ2n) is 11.2. The van der Waals surface area contributed by atoms with E-state index in [9.17, 15) is 18.0 Å². The molecule has 204 valence electrons. The average molecular weight is 523 g/mol. The Morgan fingerprint density at radius 3 is 2.35 bits per heavy atom. The lowest BCUT2D eigenvalue weighted by Crippen LogP contribution is -2.56. The zero-order chi connectivity index (χ0) is 26.4. The van der Waals surface area contributed by atoms with Crippen molar-refractivity contribution in [2.45, 2.75) is 89.6 Å². The van der Waals surface area contributed by atoms with Gasteiger partial charge in [0.2, 0.25) is 5.60 Å². The van der Waals surface area contributed by atoms with Crippen LogP contribution >= 0.6 is 0 Å². The molecule has 0 spiro atoms. The van der Waals surface area contributed by atoms with Gasteiger partial charge in [0.25, 0.3) is 0 Å². The van der Waals surface area contributed by atoms with E-state index in [1.165, 1.54) is 24.2 Å². The van der Waals surface area contributed by atoms with Crippen molar-refractivity contribution in [2.75, 3.05) is 42.5 Å². The zero-order valence-corrected chi connectivity index (χ0v) is 21.9. The van der Waals surface area contributed by atoms with E-state index < -0.39 is 17.9 Å². The van der Waals surface area contributed by atoms with Crippen molar-refractivity contribution in [2.24, 2.45) is 0 Å². The monoisotopic (exact) mass is 522 g/mol. The van der Waals surface area contributed by atoms with Gasteiger partial charge in [-0.2, -0.15) is 13.2 Å². The molecule has 2 aromatic heterocycles. The summed E-state index contributed by atoms with van der Waals surface area (Å²) >= 11 is 0. The maximum Gasteiger partial charge on any atom is 0.427 e. The van der Waals surface area contributed by atoms with Crippen molar-refractivity contribution in [3.05, 3.63) is 12.5 Å². The van der Waals surface area contributed by atoms with Crippen LogP contribution in [0.2, 0.25) is 0 Å². The van der Waals surface area contributed by atoms with Gasteiger partial charge in [-0.3, -0.25) is 0 Å². The number of alkyl halides is 3. The molecule has 2 aromatic rings. The molecule has 8 nitrogen and oxygen atoms in total. The molecule has 3 fully saturated rings. The van der Waals surface area contributed by atoms with E-state index in [4.69, 9.17) is 14.7 Å². The van der Waals surface area contributed by atoms with Gasteiger partial charge in [-0.25, -0.2) is 14.8 Å². The molecule has 2 aliphatic heterocycles. The number of carbonyl (C=O) groups excluding carboxylic acids is 1. The van der Waals surface area contributed by atoms with Crippen LogP contribution in [0.4, 0.5) is 29.5 Å². The summed E-state index contributed by atoms with van der Waals surface area (Å²) < 4.78 is 47.0. The highest BCUT2D eigenvalue weighted by atomic mass is 19.4. The van der Waals surface area contributed by atoms with Gasteiger partial charge in [0.05, 0.1) is 11.1 Å². The number of rotatable bonds is 4. The highest BCUT2D eigenvalue weighted by Gasteiger charge is 2.51. The summed E-state index contributed by atoms with van der Waals surface area (Å²) in [6.45, 7) is 6.67. The fourth-order valence-corrected chi connectivity index (χ4v) is 5.88. The standard InChI is InChI=1S/C26H37F3N6O2/c1-18-15-33(24(36)37-25(2,3)26(27,28)29)13-14-34(18)22-21-20(32-11-7-8-12-32)16-35(23(21)31-17-30-22)19-9-5-4-6-10-19/h16-19H,4-15H2,1-3H3/t18-/m0/s1. The van der Waals surface area contributed by atoms with Gasteiger partial charge in [0.15, 0.2) is 0 Å². The first kappa shape index (κ1) is 25.9. The Morgan fingerprint density at radius 1 is 1.00 bits per heavy atom. The van der Waals surface area contributed by atoms with Crippen molar-refractivity contribution in [3.63, 3.8) is 0 Å². The molecule has 0 unspecified atom stereocenters. The smallest absolute Gasteiger partial charge is 0.427 e. The first-order valence-corrected chi connectivity index (χ1v) is 13.5. The molecule has 11 heteroatoms. The van der Waals surface area contributed by atoms with E-state index in [1.54, 1.807) is 6.33 Å².